The average Bonchev–Trinajstić information content (AvgIpc) is 2.71. The lowest BCUT2D eigenvalue weighted by atomic mass is 9.99. The van der Waals surface area contributed by atoms with Gasteiger partial charge in [-0.2, -0.15) is 0 Å². The molecule has 1 atom stereocenters. The molecule has 1 aromatic rings. The van der Waals surface area contributed by atoms with Crippen LogP contribution in [0.2, 0.25) is 18.1 Å². The standard InChI is InChI=1S/C16H27NOSi/c1-16(2,3)19(4,5)18-11-10-13-12-17-15-9-7-6-8-14(13)15/h6-9,13,17H,10-12H2,1-5H3. The third-order valence-electron chi connectivity index (χ3n) is 4.67. The Bertz CT molecular complexity index is 437. The molecule has 3 heteroatoms. The average molecular weight is 277 g/mol. The Kier molecular flexibility index (Phi) is 4.07. The third-order valence-corrected chi connectivity index (χ3v) is 9.21. The van der Waals surface area contributed by atoms with Crippen LogP contribution in [0.1, 0.15) is 38.7 Å². The zero-order valence-corrected chi connectivity index (χ0v) is 13.9. The van der Waals surface area contributed by atoms with Crippen LogP contribution in [0.3, 0.4) is 0 Å². The summed E-state index contributed by atoms with van der Waals surface area (Å²) in [6.45, 7) is 13.5. The van der Waals surface area contributed by atoms with Gasteiger partial charge in [0.15, 0.2) is 8.32 Å². The van der Waals surface area contributed by atoms with Crippen LogP contribution in [-0.2, 0) is 4.43 Å². The number of para-hydroxylation sites is 1. The Hall–Kier alpha value is -0.803. The summed E-state index contributed by atoms with van der Waals surface area (Å²) in [7, 11) is -1.59. The number of rotatable bonds is 4. The van der Waals surface area contributed by atoms with E-state index < -0.39 is 8.32 Å². The molecule has 2 nitrogen and oxygen atoms in total. The lowest BCUT2D eigenvalue weighted by molar-refractivity contribution is 0.274. The molecule has 0 spiro atoms. The van der Waals surface area contributed by atoms with Crippen molar-refractivity contribution in [2.45, 2.75) is 51.2 Å². The Morgan fingerprint density at radius 2 is 1.95 bits per heavy atom. The van der Waals surface area contributed by atoms with Crippen LogP contribution < -0.4 is 5.32 Å². The van der Waals surface area contributed by atoms with Gasteiger partial charge in [-0.3, -0.25) is 0 Å². The molecule has 0 radical (unpaired) electrons. The minimum absolute atomic E-state index is 0.304. The van der Waals surface area contributed by atoms with Gasteiger partial charge >= 0.3 is 0 Å². The fourth-order valence-corrected chi connectivity index (χ4v) is 3.35. The lowest BCUT2D eigenvalue weighted by Crippen LogP contribution is -2.41. The predicted octanol–water partition coefficient (Wildman–Crippen LogP) is 4.61. The van der Waals surface area contributed by atoms with E-state index in [-0.39, 0.29) is 0 Å². The van der Waals surface area contributed by atoms with Gasteiger partial charge in [-0.05, 0) is 36.2 Å². The van der Waals surface area contributed by atoms with Gasteiger partial charge in [-0.25, -0.2) is 0 Å². The molecule has 19 heavy (non-hydrogen) atoms. The molecule has 1 aromatic carbocycles. The van der Waals surface area contributed by atoms with Crippen molar-refractivity contribution in [3.63, 3.8) is 0 Å². The highest BCUT2D eigenvalue weighted by Crippen LogP contribution is 2.38. The Morgan fingerprint density at radius 3 is 2.63 bits per heavy atom. The molecular formula is C16H27NOSi. The number of nitrogens with one attached hydrogen (secondary N) is 1. The topological polar surface area (TPSA) is 21.3 Å². The minimum atomic E-state index is -1.59. The van der Waals surface area contributed by atoms with Crippen LogP contribution in [0, 0.1) is 0 Å². The maximum atomic E-state index is 6.28. The summed E-state index contributed by atoms with van der Waals surface area (Å²) in [6, 6.07) is 8.64. The second-order valence-electron chi connectivity index (χ2n) is 7.06. The Labute approximate surface area is 118 Å². The molecule has 1 heterocycles. The summed E-state index contributed by atoms with van der Waals surface area (Å²) in [6.07, 6.45) is 1.12. The summed E-state index contributed by atoms with van der Waals surface area (Å²) in [5, 5.41) is 3.79. The summed E-state index contributed by atoms with van der Waals surface area (Å²) in [4.78, 5) is 0. The van der Waals surface area contributed by atoms with Crippen LogP contribution >= 0.6 is 0 Å². The largest absolute Gasteiger partial charge is 0.417 e. The lowest BCUT2D eigenvalue weighted by Gasteiger charge is -2.36. The zero-order valence-electron chi connectivity index (χ0n) is 12.9. The SMILES string of the molecule is CC(C)(C)[Si](C)(C)OCCC1CNc2ccccc21. The number of benzene rings is 1. The second kappa shape index (κ2) is 5.29. The molecule has 0 aromatic heterocycles. The van der Waals surface area contributed by atoms with Crippen molar-refractivity contribution < 1.29 is 4.43 Å². The van der Waals surface area contributed by atoms with Crippen molar-refractivity contribution >= 4 is 14.0 Å². The first-order valence-corrected chi connectivity index (χ1v) is 10.2. The smallest absolute Gasteiger partial charge is 0.191 e. The highest BCUT2D eigenvalue weighted by Gasteiger charge is 2.37. The van der Waals surface area contributed by atoms with Gasteiger partial charge in [-0.15, -0.1) is 0 Å². The third kappa shape index (κ3) is 3.21. The molecule has 0 fully saturated rings. The van der Waals surface area contributed by atoms with Gasteiger partial charge < -0.3 is 9.74 Å². The molecule has 0 aliphatic carbocycles. The molecule has 0 bridgehead atoms. The zero-order chi connectivity index (χ0) is 14.1. The molecule has 106 valence electrons. The molecule has 1 aliphatic heterocycles. The van der Waals surface area contributed by atoms with E-state index in [2.05, 4.69) is 63.4 Å². The monoisotopic (exact) mass is 277 g/mol. The van der Waals surface area contributed by atoms with Gasteiger partial charge in [0.25, 0.3) is 0 Å². The molecule has 0 amide bonds. The van der Waals surface area contributed by atoms with Gasteiger partial charge in [-0.1, -0.05) is 39.0 Å². The maximum Gasteiger partial charge on any atom is 0.191 e. The van der Waals surface area contributed by atoms with E-state index in [9.17, 15) is 0 Å². The number of hydrogen-bond acceptors (Lipinski definition) is 2. The summed E-state index contributed by atoms with van der Waals surface area (Å²) >= 11 is 0. The summed E-state index contributed by atoms with van der Waals surface area (Å²) < 4.78 is 6.28. The minimum Gasteiger partial charge on any atom is -0.417 e. The first kappa shape index (κ1) is 14.6. The van der Waals surface area contributed by atoms with E-state index in [0.717, 1.165) is 19.6 Å². The van der Waals surface area contributed by atoms with Crippen LogP contribution in [0.5, 0.6) is 0 Å². The predicted molar refractivity (Wildman–Crippen MR) is 85.4 cm³/mol. The van der Waals surface area contributed by atoms with Gasteiger partial charge in [0.05, 0.1) is 0 Å². The quantitative estimate of drug-likeness (QED) is 0.812. The van der Waals surface area contributed by atoms with Gasteiger partial charge in [0.1, 0.15) is 0 Å². The maximum absolute atomic E-state index is 6.28. The van der Waals surface area contributed by atoms with E-state index in [1.807, 2.05) is 0 Å². The molecule has 2 rings (SSSR count). The van der Waals surface area contributed by atoms with Crippen LogP contribution in [0.4, 0.5) is 5.69 Å². The second-order valence-corrected chi connectivity index (χ2v) is 11.9. The molecule has 0 saturated heterocycles. The van der Waals surface area contributed by atoms with Crippen molar-refractivity contribution in [1.29, 1.82) is 0 Å². The van der Waals surface area contributed by atoms with E-state index in [0.29, 0.717) is 11.0 Å². The number of fused-ring (bicyclic) bond motifs is 1. The van der Waals surface area contributed by atoms with Crippen LogP contribution in [-0.4, -0.2) is 21.5 Å². The van der Waals surface area contributed by atoms with E-state index in [1.54, 1.807) is 0 Å². The van der Waals surface area contributed by atoms with Gasteiger partial charge in [0.2, 0.25) is 0 Å². The van der Waals surface area contributed by atoms with Crippen LogP contribution in [0.25, 0.3) is 0 Å². The molecule has 0 saturated carbocycles. The van der Waals surface area contributed by atoms with E-state index >= 15 is 0 Å². The van der Waals surface area contributed by atoms with Gasteiger partial charge in [0, 0.05) is 24.8 Å². The normalized spacial score (nSPS) is 19.1. The van der Waals surface area contributed by atoms with Crippen molar-refractivity contribution in [3.05, 3.63) is 29.8 Å². The fraction of sp³-hybridized carbons (Fsp3) is 0.625. The van der Waals surface area contributed by atoms with Crippen LogP contribution in [0.15, 0.2) is 24.3 Å². The summed E-state index contributed by atoms with van der Waals surface area (Å²) in [5.41, 5.74) is 2.76. The van der Waals surface area contributed by atoms with E-state index in [4.69, 9.17) is 4.43 Å². The number of anilines is 1. The number of hydrogen-bond donors (Lipinski definition) is 1. The van der Waals surface area contributed by atoms with Crippen molar-refractivity contribution in [1.82, 2.24) is 0 Å². The van der Waals surface area contributed by atoms with E-state index in [1.165, 1.54) is 11.3 Å². The molecule has 1 N–H and O–H groups in total. The van der Waals surface area contributed by atoms with Crippen molar-refractivity contribution in [2.75, 3.05) is 18.5 Å². The first-order valence-electron chi connectivity index (χ1n) is 7.28. The first-order chi connectivity index (χ1) is 8.81. The summed E-state index contributed by atoms with van der Waals surface area (Å²) in [5.74, 6) is 0.612. The fourth-order valence-electron chi connectivity index (χ4n) is 2.29. The Balaban J connectivity index is 1.88. The highest BCUT2D eigenvalue weighted by molar-refractivity contribution is 6.74. The molecule has 1 aliphatic rings. The molecule has 1 unspecified atom stereocenters. The van der Waals surface area contributed by atoms with Crippen molar-refractivity contribution in [3.8, 4) is 0 Å². The Morgan fingerprint density at radius 1 is 1.26 bits per heavy atom. The highest BCUT2D eigenvalue weighted by atomic mass is 28.4. The molecular weight excluding hydrogens is 250 g/mol. The van der Waals surface area contributed by atoms with Crippen molar-refractivity contribution in [2.24, 2.45) is 0 Å².